The largest absolute Gasteiger partial charge is 0.305 e. The van der Waals surface area contributed by atoms with E-state index in [2.05, 4.69) is 50.1 Å². The molecule has 16 heavy (non-hydrogen) atoms. The molecular formula is C14H22ClN. The van der Waals surface area contributed by atoms with Crippen LogP contribution in [0.5, 0.6) is 0 Å². The van der Waals surface area contributed by atoms with Gasteiger partial charge in [0, 0.05) is 19.0 Å². The molecule has 0 aliphatic rings. The molecule has 0 spiro atoms. The van der Waals surface area contributed by atoms with Gasteiger partial charge in [0.2, 0.25) is 0 Å². The Labute approximate surface area is 104 Å². The minimum atomic E-state index is 0.618. The Morgan fingerprint density at radius 1 is 1.12 bits per heavy atom. The topological polar surface area (TPSA) is 3.24 Å². The number of nitrogens with zero attached hydrogens (tertiary/aromatic N) is 1. The second-order valence-electron chi connectivity index (χ2n) is 4.64. The molecule has 0 aromatic heterocycles. The summed E-state index contributed by atoms with van der Waals surface area (Å²) >= 11 is 5.69. The van der Waals surface area contributed by atoms with Crippen LogP contribution in [-0.2, 0) is 6.42 Å². The molecule has 1 aromatic rings. The predicted octanol–water partition coefficient (Wildman–Crippen LogP) is 3.52. The maximum Gasteiger partial charge on any atom is 0.0351 e. The average Bonchev–Trinajstić information content (AvgIpc) is 2.27. The molecule has 2 heteroatoms. The predicted molar refractivity (Wildman–Crippen MR) is 72.5 cm³/mol. The van der Waals surface area contributed by atoms with Crippen LogP contribution in [0.25, 0.3) is 0 Å². The van der Waals surface area contributed by atoms with Crippen LogP contribution in [0.1, 0.15) is 30.9 Å². The molecule has 90 valence electrons. The first-order valence-electron chi connectivity index (χ1n) is 5.97. The number of likely N-dealkylation sites (N-methyl/N-ethyl adjacent to an activating group) is 1. The van der Waals surface area contributed by atoms with Gasteiger partial charge in [0.15, 0.2) is 0 Å². The van der Waals surface area contributed by atoms with Crippen molar-refractivity contribution in [2.24, 2.45) is 0 Å². The maximum atomic E-state index is 5.69. The summed E-state index contributed by atoms with van der Waals surface area (Å²) < 4.78 is 0. The standard InChI is InChI=1S/C14H22ClN/c1-12(2)14-6-4-13(5-7-14)8-10-16(3)11-9-15/h4-7,12H,8-11H2,1-3H3. The van der Waals surface area contributed by atoms with Gasteiger partial charge in [-0.15, -0.1) is 11.6 Å². The van der Waals surface area contributed by atoms with E-state index in [1.807, 2.05) is 0 Å². The molecule has 1 rings (SSSR count). The summed E-state index contributed by atoms with van der Waals surface area (Å²) in [5.41, 5.74) is 2.82. The van der Waals surface area contributed by atoms with E-state index in [1.54, 1.807) is 0 Å². The van der Waals surface area contributed by atoms with Crippen molar-refractivity contribution in [3.8, 4) is 0 Å². The molecule has 0 aliphatic heterocycles. The lowest BCUT2D eigenvalue weighted by molar-refractivity contribution is 0.359. The van der Waals surface area contributed by atoms with Crippen LogP contribution in [0.2, 0.25) is 0 Å². The fourth-order valence-electron chi connectivity index (χ4n) is 1.65. The van der Waals surface area contributed by atoms with Gasteiger partial charge in [0.1, 0.15) is 0 Å². The highest BCUT2D eigenvalue weighted by atomic mass is 35.5. The van der Waals surface area contributed by atoms with E-state index in [0.717, 1.165) is 19.5 Å². The Bertz CT molecular complexity index is 292. The van der Waals surface area contributed by atoms with Gasteiger partial charge in [-0.3, -0.25) is 0 Å². The zero-order chi connectivity index (χ0) is 12.0. The molecule has 0 fully saturated rings. The third-order valence-corrected chi connectivity index (χ3v) is 3.06. The molecule has 0 saturated heterocycles. The van der Waals surface area contributed by atoms with Gasteiger partial charge >= 0.3 is 0 Å². The molecule has 0 unspecified atom stereocenters. The van der Waals surface area contributed by atoms with Gasteiger partial charge in [0.05, 0.1) is 0 Å². The molecule has 0 bridgehead atoms. The van der Waals surface area contributed by atoms with Gasteiger partial charge in [-0.25, -0.2) is 0 Å². The number of rotatable bonds is 6. The van der Waals surface area contributed by atoms with E-state index >= 15 is 0 Å². The number of hydrogen-bond donors (Lipinski definition) is 0. The zero-order valence-electron chi connectivity index (χ0n) is 10.5. The Morgan fingerprint density at radius 3 is 2.25 bits per heavy atom. The molecule has 0 amide bonds. The highest BCUT2D eigenvalue weighted by molar-refractivity contribution is 6.18. The van der Waals surface area contributed by atoms with Crippen molar-refractivity contribution in [3.63, 3.8) is 0 Å². The first-order chi connectivity index (χ1) is 7.63. The third-order valence-electron chi connectivity index (χ3n) is 2.89. The quantitative estimate of drug-likeness (QED) is 0.687. The summed E-state index contributed by atoms with van der Waals surface area (Å²) in [6, 6.07) is 8.96. The minimum absolute atomic E-state index is 0.618. The monoisotopic (exact) mass is 239 g/mol. The van der Waals surface area contributed by atoms with Gasteiger partial charge in [-0.2, -0.15) is 0 Å². The van der Waals surface area contributed by atoms with Crippen molar-refractivity contribution in [1.29, 1.82) is 0 Å². The SMILES string of the molecule is CC(C)c1ccc(CCN(C)CCCl)cc1. The van der Waals surface area contributed by atoms with Crippen molar-refractivity contribution < 1.29 is 0 Å². The first-order valence-corrected chi connectivity index (χ1v) is 6.50. The number of alkyl halides is 1. The summed E-state index contributed by atoms with van der Waals surface area (Å²) in [5.74, 6) is 1.33. The summed E-state index contributed by atoms with van der Waals surface area (Å²) in [7, 11) is 2.12. The molecular weight excluding hydrogens is 218 g/mol. The second-order valence-corrected chi connectivity index (χ2v) is 5.02. The average molecular weight is 240 g/mol. The zero-order valence-corrected chi connectivity index (χ0v) is 11.3. The fourth-order valence-corrected chi connectivity index (χ4v) is 1.93. The third kappa shape index (κ3) is 4.54. The van der Waals surface area contributed by atoms with Crippen LogP contribution >= 0.6 is 11.6 Å². The Balaban J connectivity index is 2.43. The summed E-state index contributed by atoms with van der Waals surface area (Å²) in [4.78, 5) is 2.27. The number of halogens is 1. The van der Waals surface area contributed by atoms with Crippen molar-refractivity contribution in [2.75, 3.05) is 26.0 Å². The van der Waals surface area contributed by atoms with Crippen LogP contribution in [0.15, 0.2) is 24.3 Å². The lowest BCUT2D eigenvalue weighted by Gasteiger charge is -2.15. The summed E-state index contributed by atoms with van der Waals surface area (Å²) in [6.45, 7) is 6.49. The van der Waals surface area contributed by atoms with E-state index in [-0.39, 0.29) is 0 Å². The number of hydrogen-bond acceptors (Lipinski definition) is 1. The molecule has 0 aliphatic carbocycles. The Morgan fingerprint density at radius 2 is 1.75 bits per heavy atom. The van der Waals surface area contributed by atoms with Crippen molar-refractivity contribution in [3.05, 3.63) is 35.4 Å². The Hall–Kier alpha value is -0.530. The van der Waals surface area contributed by atoms with Gasteiger partial charge in [0.25, 0.3) is 0 Å². The lowest BCUT2D eigenvalue weighted by Crippen LogP contribution is -2.23. The first kappa shape index (κ1) is 13.5. The van der Waals surface area contributed by atoms with Crippen molar-refractivity contribution in [1.82, 2.24) is 4.90 Å². The van der Waals surface area contributed by atoms with Crippen LogP contribution in [0.3, 0.4) is 0 Å². The molecule has 0 radical (unpaired) electrons. The molecule has 0 saturated carbocycles. The molecule has 1 nitrogen and oxygen atoms in total. The maximum absolute atomic E-state index is 5.69. The van der Waals surface area contributed by atoms with Crippen molar-refractivity contribution >= 4 is 11.6 Å². The van der Waals surface area contributed by atoms with Gasteiger partial charge < -0.3 is 4.90 Å². The Kier molecular flexibility index (Phi) is 5.86. The van der Waals surface area contributed by atoms with E-state index in [1.165, 1.54) is 11.1 Å². The smallest absolute Gasteiger partial charge is 0.0351 e. The fraction of sp³-hybridized carbons (Fsp3) is 0.571. The van der Waals surface area contributed by atoms with E-state index in [9.17, 15) is 0 Å². The highest BCUT2D eigenvalue weighted by Gasteiger charge is 2.01. The van der Waals surface area contributed by atoms with Crippen LogP contribution in [0, 0.1) is 0 Å². The number of benzene rings is 1. The summed E-state index contributed by atoms with van der Waals surface area (Å²) in [6.07, 6.45) is 1.10. The van der Waals surface area contributed by atoms with E-state index < -0.39 is 0 Å². The van der Waals surface area contributed by atoms with Crippen LogP contribution in [-0.4, -0.2) is 30.9 Å². The normalized spacial score (nSPS) is 11.4. The highest BCUT2D eigenvalue weighted by Crippen LogP contribution is 2.14. The molecule has 0 N–H and O–H groups in total. The van der Waals surface area contributed by atoms with Crippen molar-refractivity contribution in [2.45, 2.75) is 26.2 Å². The van der Waals surface area contributed by atoms with E-state index in [4.69, 9.17) is 11.6 Å². The second kappa shape index (κ2) is 6.93. The molecule has 0 atom stereocenters. The van der Waals surface area contributed by atoms with E-state index in [0.29, 0.717) is 11.8 Å². The van der Waals surface area contributed by atoms with Crippen LogP contribution in [0.4, 0.5) is 0 Å². The summed E-state index contributed by atoms with van der Waals surface area (Å²) in [5, 5.41) is 0. The molecule has 1 aromatic carbocycles. The minimum Gasteiger partial charge on any atom is -0.305 e. The van der Waals surface area contributed by atoms with Gasteiger partial charge in [-0.05, 0) is 30.5 Å². The molecule has 0 heterocycles. The van der Waals surface area contributed by atoms with Crippen LogP contribution < -0.4 is 0 Å². The lowest BCUT2D eigenvalue weighted by atomic mass is 10.0. The van der Waals surface area contributed by atoms with Gasteiger partial charge in [-0.1, -0.05) is 38.1 Å².